The van der Waals surface area contributed by atoms with E-state index in [1.165, 1.54) is 18.3 Å². The molecule has 3 aromatic rings. The number of rotatable bonds is 7. The van der Waals surface area contributed by atoms with E-state index in [-0.39, 0.29) is 41.8 Å². The van der Waals surface area contributed by atoms with Gasteiger partial charge >= 0.3 is 0 Å². The number of fused-ring (bicyclic) bond motifs is 1. The van der Waals surface area contributed by atoms with Crippen LogP contribution in [0, 0.1) is 17.6 Å². The summed E-state index contributed by atoms with van der Waals surface area (Å²) < 4.78 is 34.9. The van der Waals surface area contributed by atoms with E-state index < -0.39 is 11.9 Å². The smallest absolute Gasteiger partial charge is 0.259 e. The Labute approximate surface area is 210 Å². The van der Waals surface area contributed by atoms with Gasteiger partial charge in [0.25, 0.3) is 5.91 Å². The van der Waals surface area contributed by atoms with Crippen molar-refractivity contribution in [3.63, 3.8) is 0 Å². The molecule has 0 spiro atoms. The Kier molecular flexibility index (Phi) is 7.96. The molecule has 0 aliphatic carbocycles. The summed E-state index contributed by atoms with van der Waals surface area (Å²) in [5.74, 6) is -0.960. The van der Waals surface area contributed by atoms with Crippen LogP contribution in [-0.4, -0.2) is 64.7 Å². The number of aliphatic hydroxyl groups excluding tert-OH is 1. The topological polar surface area (TPSA) is 65.9 Å². The molecule has 190 valence electrons. The summed E-state index contributed by atoms with van der Waals surface area (Å²) in [7, 11) is 1.89. The van der Waals surface area contributed by atoms with E-state index in [1.807, 2.05) is 18.9 Å². The minimum atomic E-state index is -0.431. The number of ether oxygens (including phenoxy) is 1. The number of nitrogens with zero attached hydrogens (tertiary/aromatic N) is 3. The Hall–Kier alpha value is -3.36. The normalized spacial score (nSPS) is 18.9. The summed E-state index contributed by atoms with van der Waals surface area (Å²) >= 11 is 0. The zero-order chi connectivity index (χ0) is 25.8. The van der Waals surface area contributed by atoms with Gasteiger partial charge in [0.15, 0.2) is 0 Å². The molecule has 1 aromatic heterocycles. The maximum absolute atomic E-state index is 14.5. The van der Waals surface area contributed by atoms with Crippen molar-refractivity contribution in [2.45, 2.75) is 32.5 Å². The van der Waals surface area contributed by atoms with Crippen LogP contribution in [0.3, 0.4) is 0 Å². The van der Waals surface area contributed by atoms with Gasteiger partial charge in [-0.25, -0.2) is 13.8 Å². The molecule has 1 aliphatic rings. The van der Waals surface area contributed by atoms with Crippen molar-refractivity contribution >= 4 is 5.91 Å². The summed E-state index contributed by atoms with van der Waals surface area (Å²) in [6.07, 6.45) is 1.13. The van der Waals surface area contributed by atoms with Crippen LogP contribution >= 0.6 is 0 Å². The lowest BCUT2D eigenvalue weighted by Gasteiger charge is -2.37. The number of benzene rings is 2. The van der Waals surface area contributed by atoms with Gasteiger partial charge in [0, 0.05) is 48.4 Å². The van der Waals surface area contributed by atoms with E-state index in [0.29, 0.717) is 36.3 Å². The number of amides is 1. The molecule has 1 amide bonds. The molecule has 4 rings (SSSR count). The number of hydrogen-bond acceptors (Lipinski definition) is 5. The minimum Gasteiger partial charge on any atom is -0.472 e. The van der Waals surface area contributed by atoms with E-state index in [2.05, 4.69) is 4.98 Å². The zero-order valence-electron chi connectivity index (χ0n) is 20.7. The number of aromatic nitrogens is 1. The molecule has 2 aromatic carbocycles. The van der Waals surface area contributed by atoms with E-state index in [1.54, 1.807) is 54.3 Å². The van der Waals surface area contributed by atoms with Gasteiger partial charge in [0.1, 0.15) is 23.3 Å². The van der Waals surface area contributed by atoms with Crippen molar-refractivity contribution in [3.05, 3.63) is 83.6 Å². The molecule has 1 aliphatic heterocycles. The average molecular weight is 496 g/mol. The van der Waals surface area contributed by atoms with Crippen molar-refractivity contribution in [3.8, 4) is 17.0 Å². The van der Waals surface area contributed by atoms with E-state index in [0.717, 1.165) is 0 Å². The highest BCUT2D eigenvalue weighted by molar-refractivity contribution is 5.98. The Morgan fingerprint density at radius 3 is 2.53 bits per heavy atom. The highest BCUT2D eigenvalue weighted by Crippen LogP contribution is 2.31. The average Bonchev–Trinajstić information content (AvgIpc) is 2.87. The SMILES string of the molecule is C[C@H]1CN([C@@H](C)CO)C(=O)c2cc(-c3ccccc3F)cnc2O[C@H]1CN(C)Cc1ccccc1F. The second-order valence-electron chi connectivity index (χ2n) is 9.47. The molecule has 0 saturated heterocycles. The fraction of sp³-hybridized carbons (Fsp3) is 0.357. The first-order chi connectivity index (χ1) is 17.3. The zero-order valence-corrected chi connectivity index (χ0v) is 20.7. The first-order valence-corrected chi connectivity index (χ1v) is 12.0. The Morgan fingerprint density at radius 2 is 1.83 bits per heavy atom. The molecule has 8 heteroatoms. The highest BCUT2D eigenvalue weighted by atomic mass is 19.1. The monoisotopic (exact) mass is 495 g/mol. The molecule has 0 bridgehead atoms. The van der Waals surface area contributed by atoms with Crippen LogP contribution in [-0.2, 0) is 6.54 Å². The summed E-state index contributed by atoms with van der Waals surface area (Å²) in [5, 5.41) is 9.84. The molecule has 3 atom stereocenters. The molecule has 6 nitrogen and oxygen atoms in total. The van der Waals surface area contributed by atoms with Crippen LogP contribution in [0.25, 0.3) is 11.1 Å². The first-order valence-electron chi connectivity index (χ1n) is 12.0. The third-order valence-electron chi connectivity index (χ3n) is 6.60. The molecule has 0 radical (unpaired) electrons. The van der Waals surface area contributed by atoms with Crippen LogP contribution in [0.1, 0.15) is 29.8 Å². The van der Waals surface area contributed by atoms with Crippen LogP contribution in [0.5, 0.6) is 5.88 Å². The maximum Gasteiger partial charge on any atom is 0.259 e. The third-order valence-corrected chi connectivity index (χ3v) is 6.60. The van der Waals surface area contributed by atoms with Gasteiger partial charge in [0.2, 0.25) is 5.88 Å². The molecule has 1 N–H and O–H groups in total. The lowest BCUT2D eigenvalue weighted by atomic mass is 9.99. The van der Waals surface area contributed by atoms with E-state index in [4.69, 9.17) is 4.74 Å². The number of carbonyl (C=O) groups excluding carboxylic acids is 1. The van der Waals surface area contributed by atoms with E-state index in [9.17, 15) is 18.7 Å². The van der Waals surface area contributed by atoms with Gasteiger partial charge in [-0.05, 0) is 32.2 Å². The predicted molar refractivity (Wildman–Crippen MR) is 134 cm³/mol. The summed E-state index contributed by atoms with van der Waals surface area (Å²) in [4.78, 5) is 21.6. The van der Waals surface area contributed by atoms with Crippen LogP contribution < -0.4 is 4.74 Å². The maximum atomic E-state index is 14.5. The standard InChI is InChI=1S/C28H31F2N3O3/c1-18-14-33(19(2)17-34)28(35)23-12-21(22-9-5-7-11-25(22)30)13-31-27(23)36-26(18)16-32(3)15-20-8-4-6-10-24(20)29/h4-13,18-19,26,34H,14-17H2,1-3H3/t18-,19-,26-/m0/s1. The fourth-order valence-electron chi connectivity index (χ4n) is 4.45. The highest BCUT2D eigenvalue weighted by Gasteiger charge is 2.34. The fourth-order valence-corrected chi connectivity index (χ4v) is 4.45. The lowest BCUT2D eigenvalue weighted by Crippen LogP contribution is -2.49. The minimum absolute atomic E-state index is 0.104. The molecule has 0 unspecified atom stereocenters. The predicted octanol–water partition coefficient (Wildman–Crippen LogP) is 4.38. The number of likely N-dealkylation sites (N-methyl/N-ethyl adjacent to an activating group) is 1. The molecule has 36 heavy (non-hydrogen) atoms. The Morgan fingerprint density at radius 1 is 1.14 bits per heavy atom. The number of aliphatic hydroxyl groups is 1. The molecular weight excluding hydrogens is 464 g/mol. The number of hydrogen-bond donors (Lipinski definition) is 1. The molecular formula is C28H31F2N3O3. The van der Waals surface area contributed by atoms with Gasteiger partial charge in [-0.15, -0.1) is 0 Å². The van der Waals surface area contributed by atoms with Crippen molar-refractivity contribution in [2.24, 2.45) is 5.92 Å². The van der Waals surface area contributed by atoms with Gasteiger partial charge in [-0.1, -0.05) is 43.3 Å². The second kappa shape index (κ2) is 11.1. The molecule has 0 saturated carbocycles. The summed E-state index contributed by atoms with van der Waals surface area (Å²) in [6, 6.07) is 14.1. The van der Waals surface area contributed by atoms with Crippen molar-refractivity contribution < 1.29 is 23.4 Å². The van der Waals surface area contributed by atoms with Gasteiger partial charge in [-0.3, -0.25) is 9.69 Å². The van der Waals surface area contributed by atoms with Crippen molar-refractivity contribution in [2.75, 3.05) is 26.7 Å². The van der Waals surface area contributed by atoms with Gasteiger partial charge in [0.05, 0.1) is 12.6 Å². The van der Waals surface area contributed by atoms with Crippen molar-refractivity contribution in [1.29, 1.82) is 0 Å². The Balaban J connectivity index is 1.67. The van der Waals surface area contributed by atoms with E-state index >= 15 is 0 Å². The van der Waals surface area contributed by atoms with Crippen LogP contribution in [0.4, 0.5) is 8.78 Å². The van der Waals surface area contributed by atoms with Crippen molar-refractivity contribution in [1.82, 2.24) is 14.8 Å². The number of halogens is 2. The third kappa shape index (κ3) is 5.55. The largest absolute Gasteiger partial charge is 0.472 e. The first kappa shape index (κ1) is 25.7. The second-order valence-corrected chi connectivity index (χ2v) is 9.47. The number of carbonyl (C=O) groups is 1. The molecule has 2 heterocycles. The van der Waals surface area contributed by atoms with Crippen LogP contribution in [0.15, 0.2) is 60.8 Å². The van der Waals surface area contributed by atoms with Crippen LogP contribution in [0.2, 0.25) is 0 Å². The summed E-state index contributed by atoms with van der Waals surface area (Å²) in [5.41, 5.74) is 1.59. The lowest BCUT2D eigenvalue weighted by molar-refractivity contribution is 0.0324. The number of pyridine rings is 1. The summed E-state index contributed by atoms with van der Waals surface area (Å²) in [6.45, 7) is 4.75. The quantitative estimate of drug-likeness (QED) is 0.527. The van der Waals surface area contributed by atoms with Gasteiger partial charge in [-0.2, -0.15) is 0 Å². The Bertz CT molecular complexity index is 1220. The molecule has 0 fully saturated rings. The van der Waals surface area contributed by atoms with Gasteiger partial charge < -0.3 is 14.7 Å².